The van der Waals surface area contributed by atoms with Gasteiger partial charge in [-0.2, -0.15) is 5.10 Å². The van der Waals surface area contributed by atoms with Crippen LogP contribution in [0, 0.1) is 0 Å². The first-order chi connectivity index (χ1) is 11.8. The molecule has 0 saturated heterocycles. The third-order valence-electron chi connectivity index (χ3n) is 3.56. The van der Waals surface area contributed by atoms with Crippen LogP contribution < -0.4 is 15.9 Å². The lowest BCUT2D eigenvalue weighted by atomic mass is 10.1. The Bertz CT molecular complexity index is 967. The maximum absolute atomic E-state index is 12.1. The van der Waals surface area contributed by atoms with Gasteiger partial charge in [0.2, 0.25) is 10.0 Å². The van der Waals surface area contributed by atoms with Gasteiger partial charge in [0.15, 0.2) is 0 Å². The molecule has 25 heavy (non-hydrogen) atoms. The quantitative estimate of drug-likeness (QED) is 0.491. The number of anilines is 1. The molecule has 1 aromatic heterocycles. The minimum Gasteiger partial charge on any atom is -0.350 e. The van der Waals surface area contributed by atoms with Crippen molar-refractivity contribution in [3.05, 3.63) is 44.6 Å². The second-order valence-electron chi connectivity index (χ2n) is 5.25. The Balaban J connectivity index is 1.91. The lowest BCUT2D eigenvalue weighted by Crippen LogP contribution is -2.23. The van der Waals surface area contributed by atoms with Gasteiger partial charge in [0.1, 0.15) is 5.69 Å². The molecule has 132 valence electrons. The van der Waals surface area contributed by atoms with E-state index in [-0.39, 0.29) is 10.8 Å². The highest BCUT2D eigenvalue weighted by Gasteiger charge is 2.26. The predicted octanol–water partition coefficient (Wildman–Crippen LogP) is 2.14. The van der Waals surface area contributed by atoms with E-state index < -0.39 is 10.0 Å². The first kappa shape index (κ1) is 18.1. The van der Waals surface area contributed by atoms with Crippen molar-refractivity contribution in [1.82, 2.24) is 10.3 Å². The van der Waals surface area contributed by atoms with Crippen LogP contribution >= 0.6 is 31.9 Å². The van der Waals surface area contributed by atoms with E-state index in [9.17, 15) is 13.2 Å². The number of aromatic amines is 1. The Labute approximate surface area is 160 Å². The first-order valence-electron chi connectivity index (χ1n) is 7.08. The number of rotatable bonds is 3. The van der Waals surface area contributed by atoms with Gasteiger partial charge in [-0.1, -0.05) is 0 Å². The lowest BCUT2D eigenvalue weighted by molar-refractivity contribution is 0.0951. The Hall–Kier alpha value is -1.69. The van der Waals surface area contributed by atoms with Crippen LogP contribution in [0.25, 0.3) is 0 Å². The molecule has 8 nitrogen and oxygen atoms in total. The molecule has 0 atom stereocenters. The summed E-state index contributed by atoms with van der Waals surface area (Å²) in [6.45, 7) is 0.455. The van der Waals surface area contributed by atoms with Crippen molar-refractivity contribution in [1.29, 1.82) is 0 Å². The molecule has 1 aromatic carbocycles. The van der Waals surface area contributed by atoms with Crippen LogP contribution in [0.15, 0.2) is 43.3 Å². The van der Waals surface area contributed by atoms with E-state index in [1.54, 1.807) is 12.1 Å². The van der Waals surface area contributed by atoms with Crippen molar-refractivity contribution >= 4 is 59.2 Å². The molecule has 1 amide bonds. The Kier molecular flexibility index (Phi) is 5.00. The zero-order valence-electron chi connectivity index (χ0n) is 12.6. The fourth-order valence-electron chi connectivity index (χ4n) is 2.36. The number of amides is 1. The van der Waals surface area contributed by atoms with Gasteiger partial charge >= 0.3 is 0 Å². The summed E-state index contributed by atoms with van der Waals surface area (Å²) in [5.74, 6) is -0.205. The van der Waals surface area contributed by atoms with Crippen LogP contribution in [-0.4, -0.2) is 31.6 Å². The number of nitrogens with one attached hydrogen (secondary N) is 3. The van der Waals surface area contributed by atoms with E-state index in [0.29, 0.717) is 44.7 Å². The Morgan fingerprint density at radius 2 is 1.88 bits per heavy atom. The van der Waals surface area contributed by atoms with Crippen LogP contribution in [0.2, 0.25) is 0 Å². The molecule has 0 radical (unpaired) electrons. The summed E-state index contributed by atoms with van der Waals surface area (Å²) in [4.78, 5) is 15.1. The summed E-state index contributed by atoms with van der Waals surface area (Å²) in [5.41, 5.74) is 5.24. The normalized spacial score (nSPS) is 16.3. The van der Waals surface area contributed by atoms with Gasteiger partial charge in [0.05, 0.1) is 25.4 Å². The number of hydrazone groups is 1. The maximum atomic E-state index is 12.1. The molecule has 0 fully saturated rings. The molecule has 0 saturated carbocycles. The minimum absolute atomic E-state index is 0.0227. The highest BCUT2D eigenvalue weighted by atomic mass is 79.9. The van der Waals surface area contributed by atoms with Gasteiger partial charge in [0, 0.05) is 18.5 Å². The smallest absolute Gasteiger partial charge is 0.268 e. The van der Waals surface area contributed by atoms with Gasteiger partial charge in [0.25, 0.3) is 5.91 Å². The maximum Gasteiger partial charge on any atom is 0.268 e. The fourth-order valence-corrected chi connectivity index (χ4v) is 3.80. The molecule has 0 bridgehead atoms. The van der Waals surface area contributed by atoms with Gasteiger partial charge in [-0.3, -0.25) is 10.2 Å². The van der Waals surface area contributed by atoms with E-state index in [4.69, 9.17) is 5.14 Å². The summed E-state index contributed by atoms with van der Waals surface area (Å²) in [6.07, 6.45) is 0.532. The van der Waals surface area contributed by atoms with Crippen molar-refractivity contribution < 1.29 is 13.2 Å². The lowest BCUT2D eigenvalue weighted by Gasteiger charge is -2.06. The predicted molar refractivity (Wildman–Crippen MR) is 101 cm³/mol. The van der Waals surface area contributed by atoms with Gasteiger partial charge < -0.3 is 10.3 Å². The highest BCUT2D eigenvalue weighted by molar-refractivity contribution is 9.13. The van der Waals surface area contributed by atoms with Crippen molar-refractivity contribution in [3.8, 4) is 0 Å². The minimum atomic E-state index is -3.73. The fraction of sp³-hybridized carbons (Fsp3) is 0.143. The molecule has 1 aliphatic rings. The number of hydrogen-bond acceptors (Lipinski definition) is 5. The summed E-state index contributed by atoms with van der Waals surface area (Å²) < 4.78 is 23.9. The van der Waals surface area contributed by atoms with E-state index >= 15 is 0 Å². The van der Waals surface area contributed by atoms with E-state index in [1.807, 2.05) is 0 Å². The number of aromatic nitrogens is 1. The molecule has 0 unspecified atom stereocenters. The molecular weight excluding hydrogens is 478 g/mol. The number of hydrogen-bond donors (Lipinski definition) is 4. The SMILES string of the molecule is NS(=O)(=O)c1ccc(N/N=C2/CCNC(=O)c3[nH]c(Br)c(Br)c32)cc1. The Morgan fingerprint density at radius 1 is 1.20 bits per heavy atom. The van der Waals surface area contributed by atoms with Gasteiger partial charge in [-0.25, -0.2) is 13.6 Å². The number of fused-ring (bicyclic) bond motifs is 1. The monoisotopic (exact) mass is 489 g/mol. The summed E-state index contributed by atoms with van der Waals surface area (Å²) >= 11 is 6.80. The molecule has 11 heteroatoms. The van der Waals surface area contributed by atoms with Gasteiger partial charge in [-0.05, 0) is 56.1 Å². The van der Waals surface area contributed by atoms with E-state index in [1.165, 1.54) is 12.1 Å². The number of nitrogens with two attached hydrogens (primary N) is 1. The van der Waals surface area contributed by atoms with Gasteiger partial charge in [-0.15, -0.1) is 0 Å². The number of H-pyrrole nitrogens is 1. The average molecular weight is 491 g/mol. The molecule has 2 aromatic rings. The molecule has 0 spiro atoms. The highest BCUT2D eigenvalue weighted by Crippen LogP contribution is 2.31. The largest absolute Gasteiger partial charge is 0.350 e. The average Bonchev–Trinajstić information content (AvgIpc) is 2.76. The second-order valence-corrected chi connectivity index (χ2v) is 8.40. The number of sulfonamides is 1. The van der Waals surface area contributed by atoms with E-state index in [2.05, 4.69) is 52.7 Å². The van der Waals surface area contributed by atoms with Crippen LogP contribution in [0.5, 0.6) is 0 Å². The van der Waals surface area contributed by atoms with Crippen LogP contribution in [0.1, 0.15) is 22.5 Å². The van der Waals surface area contributed by atoms with Crippen molar-refractivity contribution in [3.63, 3.8) is 0 Å². The molecule has 5 N–H and O–H groups in total. The number of halogens is 2. The molecular formula is C14H13Br2N5O3S. The number of benzene rings is 1. The molecule has 0 aliphatic carbocycles. The summed E-state index contributed by atoms with van der Waals surface area (Å²) in [7, 11) is -3.73. The summed E-state index contributed by atoms with van der Waals surface area (Å²) in [6, 6.07) is 5.91. The van der Waals surface area contributed by atoms with Crippen LogP contribution in [-0.2, 0) is 10.0 Å². The van der Waals surface area contributed by atoms with Crippen LogP contribution in [0.3, 0.4) is 0 Å². The van der Waals surface area contributed by atoms with Crippen LogP contribution in [0.4, 0.5) is 5.69 Å². The van der Waals surface area contributed by atoms with E-state index in [0.717, 1.165) is 0 Å². The molecule has 1 aliphatic heterocycles. The number of primary sulfonamides is 1. The van der Waals surface area contributed by atoms with Crippen molar-refractivity contribution in [2.24, 2.45) is 10.2 Å². The Morgan fingerprint density at radius 3 is 2.52 bits per heavy atom. The summed E-state index contributed by atoms with van der Waals surface area (Å²) in [5, 5.41) is 12.2. The topological polar surface area (TPSA) is 129 Å². The zero-order chi connectivity index (χ0) is 18.2. The number of carbonyl (C=O) groups excluding carboxylic acids is 1. The molecule has 3 rings (SSSR count). The van der Waals surface area contributed by atoms with Crippen molar-refractivity contribution in [2.45, 2.75) is 11.3 Å². The van der Waals surface area contributed by atoms with Crippen molar-refractivity contribution in [2.75, 3.05) is 12.0 Å². The first-order valence-corrected chi connectivity index (χ1v) is 10.2. The zero-order valence-corrected chi connectivity index (χ0v) is 16.6. The number of carbonyl (C=O) groups is 1. The second kappa shape index (κ2) is 6.90. The standard InChI is InChI=1S/C14H13Br2N5O3S/c15-11-10-9(5-6-18-14(22)12(10)19-13(11)16)21-20-7-1-3-8(4-2-7)25(17,23)24/h1-4,19-20H,5-6H2,(H,18,22)(H2,17,23,24)/b21-9-. The number of nitrogens with zero attached hydrogens (tertiary/aromatic N) is 1. The molecule has 2 heterocycles. The third-order valence-corrected chi connectivity index (χ3v) is 6.41. The third kappa shape index (κ3) is 3.78.